The van der Waals surface area contributed by atoms with Crippen molar-refractivity contribution in [1.29, 1.82) is 0 Å². The number of likely N-dealkylation sites (N-methyl/N-ethyl adjacent to an activating group) is 1. The molecule has 0 aromatic heterocycles. The van der Waals surface area contributed by atoms with Gasteiger partial charge in [0.2, 0.25) is 0 Å². The molecule has 0 spiro atoms. The second-order valence-electron chi connectivity index (χ2n) is 6.97. The Morgan fingerprint density at radius 1 is 0.950 bits per heavy atom. The molecule has 0 amide bonds. The molecular formula is C16H34N4. The average molecular weight is 282 g/mol. The average Bonchev–Trinajstić information content (AvgIpc) is 2.72. The molecular weight excluding hydrogens is 248 g/mol. The maximum atomic E-state index is 6.21. The van der Waals surface area contributed by atoms with Gasteiger partial charge in [0.1, 0.15) is 0 Å². The molecule has 1 aliphatic heterocycles. The molecule has 1 aliphatic carbocycles. The van der Waals surface area contributed by atoms with Crippen LogP contribution in [-0.2, 0) is 0 Å². The van der Waals surface area contributed by atoms with Crippen LogP contribution in [0.1, 0.15) is 38.5 Å². The van der Waals surface area contributed by atoms with E-state index < -0.39 is 0 Å². The monoisotopic (exact) mass is 282 g/mol. The van der Waals surface area contributed by atoms with E-state index in [1.807, 2.05) is 0 Å². The summed E-state index contributed by atoms with van der Waals surface area (Å²) in [7, 11) is 4.32. The highest BCUT2D eigenvalue weighted by Gasteiger charge is 2.37. The molecule has 1 heterocycles. The van der Waals surface area contributed by atoms with E-state index in [1.54, 1.807) is 0 Å². The van der Waals surface area contributed by atoms with Gasteiger partial charge in [-0.3, -0.25) is 9.80 Å². The van der Waals surface area contributed by atoms with E-state index in [0.717, 1.165) is 6.54 Å². The second-order valence-corrected chi connectivity index (χ2v) is 6.97. The highest BCUT2D eigenvalue weighted by molar-refractivity contribution is 4.95. The van der Waals surface area contributed by atoms with Crippen molar-refractivity contribution < 1.29 is 0 Å². The molecule has 0 atom stereocenters. The molecule has 0 aromatic rings. The third kappa shape index (κ3) is 4.17. The van der Waals surface area contributed by atoms with Crippen LogP contribution in [0.25, 0.3) is 0 Å². The lowest BCUT2D eigenvalue weighted by Crippen LogP contribution is -2.60. The Morgan fingerprint density at radius 2 is 1.55 bits per heavy atom. The zero-order valence-corrected chi connectivity index (χ0v) is 13.6. The fourth-order valence-electron chi connectivity index (χ4n) is 3.82. The van der Waals surface area contributed by atoms with Crippen molar-refractivity contribution in [2.24, 2.45) is 5.73 Å². The summed E-state index contributed by atoms with van der Waals surface area (Å²) >= 11 is 0. The molecule has 0 radical (unpaired) electrons. The molecule has 20 heavy (non-hydrogen) atoms. The molecule has 0 aromatic carbocycles. The van der Waals surface area contributed by atoms with Gasteiger partial charge in [0.25, 0.3) is 0 Å². The Labute approximate surface area is 125 Å². The summed E-state index contributed by atoms with van der Waals surface area (Å²) in [5.74, 6) is 0. The van der Waals surface area contributed by atoms with Crippen molar-refractivity contribution in [1.82, 2.24) is 14.7 Å². The lowest BCUT2D eigenvalue weighted by atomic mass is 9.87. The van der Waals surface area contributed by atoms with Crippen LogP contribution in [0.4, 0.5) is 0 Å². The van der Waals surface area contributed by atoms with Crippen molar-refractivity contribution in [3.05, 3.63) is 0 Å². The van der Waals surface area contributed by atoms with Gasteiger partial charge in [0.05, 0.1) is 0 Å². The largest absolute Gasteiger partial charge is 0.329 e. The van der Waals surface area contributed by atoms with Crippen LogP contribution in [-0.4, -0.2) is 80.1 Å². The highest BCUT2D eigenvalue weighted by atomic mass is 15.3. The van der Waals surface area contributed by atoms with Gasteiger partial charge in [-0.25, -0.2) is 0 Å². The first-order valence-electron chi connectivity index (χ1n) is 8.48. The summed E-state index contributed by atoms with van der Waals surface area (Å²) in [5.41, 5.74) is 6.53. The SMILES string of the molecule is CN(C)CCN1CCN(C2(CN)CCCCCC2)CC1. The van der Waals surface area contributed by atoms with E-state index in [0.29, 0.717) is 5.54 Å². The third-order valence-corrected chi connectivity index (χ3v) is 5.32. The maximum Gasteiger partial charge on any atom is 0.0332 e. The van der Waals surface area contributed by atoms with Gasteiger partial charge in [0.15, 0.2) is 0 Å². The Bertz CT molecular complexity index is 264. The molecule has 2 aliphatic rings. The van der Waals surface area contributed by atoms with Crippen molar-refractivity contribution in [2.75, 3.05) is 59.9 Å². The minimum Gasteiger partial charge on any atom is -0.329 e. The van der Waals surface area contributed by atoms with Crippen LogP contribution >= 0.6 is 0 Å². The fraction of sp³-hybridized carbons (Fsp3) is 1.00. The van der Waals surface area contributed by atoms with Gasteiger partial charge in [-0.2, -0.15) is 0 Å². The Balaban J connectivity index is 1.84. The molecule has 1 saturated heterocycles. The highest BCUT2D eigenvalue weighted by Crippen LogP contribution is 2.32. The topological polar surface area (TPSA) is 35.7 Å². The van der Waals surface area contributed by atoms with Crippen molar-refractivity contribution in [3.63, 3.8) is 0 Å². The Hall–Kier alpha value is -0.160. The lowest BCUT2D eigenvalue weighted by molar-refractivity contribution is 0.0248. The van der Waals surface area contributed by atoms with Crippen LogP contribution in [0.2, 0.25) is 0 Å². The van der Waals surface area contributed by atoms with Crippen LogP contribution < -0.4 is 5.73 Å². The minimum atomic E-state index is 0.324. The van der Waals surface area contributed by atoms with E-state index >= 15 is 0 Å². The molecule has 4 heteroatoms. The zero-order chi connectivity index (χ0) is 14.4. The summed E-state index contributed by atoms with van der Waals surface area (Å²) < 4.78 is 0. The number of nitrogens with zero attached hydrogens (tertiary/aromatic N) is 3. The molecule has 0 unspecified atom stereocenters. The van der Waals surface area contributed by atoms with E-state index in [-0.39, 0.29) is 0 Å². The van der Waals surface area contributed by atoms with Crippen molar-refractivity contribution in [2.45, 2.75) is 44.1 Å². The van der Waals surface area contributed by atoms with Crippen molar-refractivity contribution >= 4 is 0 Å². The van der Waals surface area contributed by atoms with E-state index in [4.69, 9.17) is 5.73 Å². The number of nitrogens with two attached hydrogens (primary N) is 1. The van der Waals surface area contributed by atoms with Crippen LogP contribution in [0, 0.1) is 0 Å². The van der Waals surface area contributed by atoms with Gasteiger partial charge in [-0.05, 0) is 26.9 Å². The van der Waals surface area contributed by atoms with Crippen LogP contribution in [0.3, 0.4) is 0 Å². The van der Waals surface area contributed by atoms with E-state index in [1.165, 1.54) is 77.8 Å². The van der Waals surface area contributed by atoms with E-state index in [2.05, 4.69) is 28.8 Å². The summed E-state index contributed by atoms with van der Waals surface area (Å²) in [6.07, 6.45) is 8.20. The smallest absolute Gasteiger partial charge is 0.0332 e. The first-order chi connectivity index (χ1) is 9.66. The second kappa shape index (κ2) is 7.74. The molecule has 4 nitrogen and oxygen atoms in total. The number of piperazine rings is 1. The first kappa shape index (κ1) is 16.2. The summed E-state index contributed by atoms with van der Waals surface area (Å²) in [5, 5.41) is 0. The fourth-order valence-corrected chi connectivity index (χ4v) is 3.82. The lowest BCUT2D eigenvalue weighted by Gasteiger charge is -2.47. The molecule has 2 fully saturated rings. The first-order valence-corrected chi connectivity index (χ1v) is 8.48. The van der Waals surface area contributed by atoms with Gasteiger partial charge in [0, 0.05) is 51.4 Å². The minimum absolute atomic E-state index is 0.324. The van der Waals surface area contributed by atoms with Gasteiger partial charge in [-0.1, -0.05) is 25.7 Å². The summed E-state index contributed by atoms with van der Waals surface area (Å²) in [6, 6.07) is 0. The van der Waals surface area contributed by atoms with Crippen LogP contribution in [0.5, 0.6) is 0 Å². The summed E-state index contributed by atoms with van der Waals surface area (Å²) in [4.78, 5) is 7.61. The summed E-state index contributed by atoms with van der Waals surface area (Å²) in [6.45, 7) is 8.09. The van der Waals surface area contributed by atoms with Crippen LogP contribution in [0.15, 0.2) is 0 Å². The number of hydrogen-bond acceptors (Lipinski definition) is 4. The van der Waals surface area contributed by atoms with Crippen molar-refractivity contribution in [3.8, 4) is 0 Å². The van der Waals surface area contributed by atoms with Gasteiger partial charge < -0.3 is 10.6 Å². The molecule has 2 rings (SSSR count). The Morgan fingerprint density at radius 3 is 2.05 bits per heavy atom. The molecule has 2 N–H and O–H groups in total. The number of hydrogen-bond donors (Lipinski definition) is 1. The van der Waals surface area contributed by atoms with E-state index in [9.17, 15) is 0 Å². The predicted octanol–water partition coefficient (Wildman–Crippen LogP) is 1.22. The predicted molar refractivity (Wildman–Crippen MR) is 86.1 cm³/mol. The normalized spacial score (nSPS) is 25.8. The standard InChI is InChI=1S/C16H34N4/c1-18(2)9-10-19-11-13-20(14-12-19)16(15-17)7-5-3-4-6-8-16/h3-15,17H2,1-2H3. The molecule has 118 valence electrons. The molecule has 1 saturated carbocycles. The molecule has 0 bridgehead atoms. The van der Waals surface area contributed by atoms with Gasteiger partial charge >= 0.3 is 0 Å². The third-order valence-electron chi connectivity index (χ3n) is 5.32. The maximum absolute atomic E-state index is 6.21. The zero-order valence-electron chi connectivity index (χ0n) is 13.6. The van der Waals surface area contributed by atoms with Gasteiger partial charge in [-0.15, -0.1) is 0 Å². The number of rotatable bonds is 5. The Kier molecular flexibility index (Phi) is 6.27. The quantitative estimate of drug-likeness (QED) is 0.769.